The monoisotopic (exact) mass is 530 g/mol. The summed E-state index contributed by atoms with van der Waals surface area (Å²) in [6.07, 6.45) is -5.55. The number of benzene rings is 1. The maximum absolute atomic E-state index is 11.9. The van der Waals surface area contributed by atoms with Gasteiger partial charge in [0.25, 0.3) is 11.4 Å². The molecule has 36 heavy (non-hydrogen) atoms. The highest BCUT2D eigenvalue weighted by Crippen LogP contribution is 2.41. The third kappa shape index (κ3) is 7.61. The highest BCUT2D eigenvalue weighted by Gasteiger charge is 2.52. The molecule has 1 aliphatic rings. The zero-order valence-electron chi connectivity index (χ0n) is 19.4. The van der Waals surface area contributed by atoms with Crippen molar-refractivity contribution < 1.29 is 52.7 Å². The molecule has 1 heterocycles. The van der Waals surface area contributed by atoms with Gasteiger partial charge in [-0.05, 0) is 6.07 Å². The molecular formula is C20H22N2O13S. The Morgan fingerprint density at radius 1 is 0.861 bits per heavy atom. The Kier molecular flexibility index (Phi) is 9.68. The van der Waals surface area contributed by atoms with E-state index in [-0.39, 0.29) is 4.90 Å². The van der Waals surface area contributed by atoms with Crippen LogP contribution >= 0.6 is 11.8 Å². The molecule has 0 unspecified atom stereocenters. The molecule has 5 atom stereocenters. The van der Waals surface area contributed by atoms with E-state index in [0.717, 1.165) is 45.9 Å². The zero-order chi connectivity index (χ0) is 27.2. The van der Waals surface area contributed by atoms with Crippen LogP contribution in [0.1, 0.15) is 27.7 Å². The summed E-state index contributed by atoms with van der Waals surface area (Å²) in [5.74, 6) is -3.20. The molecule has 2 rings (SSSR count). The van der Waals surface area contributed by atoms with E-state index in [2.05, 4.69) is 0 Å². The highest BCUT2D eigenvalue weighted by atomic mass is 32.2. The Bertz CT molecular complexity index is 1060. The second kappa shape index (κ2) is 12.3. The topological polar surface area (TPSA) is 201 Å². The molecule has 1 aromatic carbocycles. The number of esters is 4. The van der Waals surface area contributed by atoms with Crippen LogP contribution in [-0.4, -0.2) is 70.2 Å². The molecule has 0 saturated carbocycles. The number of non-ortho nitro benzene ring substituents is 1. The van der Waals surface area contributed by atoms with Crippen LogP contribution in [0.5, 0.6) is 0 Å². The molecule has 1 aliphatic heterocycles. The van der Waals surface area contributed by atoms with Crippen molar-refractivity contribution in [1.29, 1.82) is 0 Å². The standard InChI is InChI=1S/C20H22N2O13S/c1-9(23)31-8-15-17(32-10(2)24)18(33-11(3)25)19(34-12(4)26)20(35-15)36-16-6-5-13(21(27)28)7-14(16)22(29)30/h5-7,15,17-20H,8H2,1-4H3/t15-,17+,18+,19+,20+/m1/s1. The number of carbonyl (C=O) groups excluding carboxylic acids is 4. The van der Waals surface area contributed by atoms with E-state index < -0.39 is 81.6 Å². The molecular weight excluding hydrogens is 508 g/mol. The lowest BCUT2D eigenvalue weighted by atomic mass is 9.99. The van der Waals surface area contributed by atoms with Crippen molar-refractivity contribution in [1.82, 2.24) is 0 Å². The lowest BCUT2D eigenvalue weighted by molar-refractivity contribution is -0.396. The van der Waals surface area contributed by atoms with Gasteiger partial charge >= 0.3 is 23.9 Å². The summed E-state index contributed by atoms with van der Waals surface area (Å²) in [5, 5.41) is 22.6. The first-order valence-electron chi connectivity index (χ1n) is 10.2. The van der Waals surface area contributed by atoms with E-state index in [1.165, 1.54) is 0 Å². The Morgan fingerprint density at radius 3 is 1.92 bits per heavy atom. The normalized spacial score (nSPS) is 23.2. The van der Waals surface area contributed by atoms with Crippen molar-refractivity contribution in [2.45, 2.75) is 62.4 Å². The van der Waals surface area contributed by atoms with Gasteiger partial charge in [0.2, 0.25) is 0 Å². The minimum atomic E-state index is -1.46. The summed E-state index contributed by atoms with van der Waals surface area (Å²) in [6, 6.07) is 2.88. The van der Waals surface area contributed by atoms with Gasteiger partial charge in [-0.25, -0.2) is 0 Å². The van der Waals surface area contributed by atoms with Crippen LogP contribution in [0, 0.1) is 20.2 Å². The van der Waals surface area contributed by atoms with Gasteiger partial charge in [-0.1, -0.05) is 11.8 Å². The molecule has 0 spiro atoms. The van der Waals surface area contributed by atoms with Crippen molar-refractivity contribution >= 4 is 47.0 Å². The SMILES string of the molecule is CC(=O)OC[C@H]1O[C@@H](Sc2ccc([N+](=O)[O-])cc2[N+](=O)[O-])[C@@H](OC(C)=O)[C@@H](OC(C)=O)[C@H]1OC(C)=O. The fraction of sp³-hybridized carbons (Fsp3) is 0.500. The summed E-state index contributed by atoms with van der Waals surface area (Å²) in [5.41, 5.74) is -2.50. The molecule has 0 N–H and O–H groups in total. The third-order valence-corrected chi connectivity index (χ3v) is 5.75. The first kappa shape index (κ1) is 28.4. The summed E-state index contributed by atoms with van der Waals surface area (Å²) >= 11 is 0.644. The second-order valence-corrected chi connectivity index (χ2v) is 8.49. The average Bonchev–Trinajstić information content (AvgIpc) is 2.75. The number of hydrogen-bond donors (Lipinski definition) is 0. The van der Waals surface area contributed by atoms with Crippen LogP contribution in [0.15, 0.2) is 23.1 Å². The minimum Gasteiger partial charge on any atom is -0.463 e. The number of thioether (sulfide) groups is 1. The minimum absolute atomic E-state index is 0.105. The maximum Gasteiger partial charge on any atom is 0.303 e. The molecule has 0 aliphatic carbocycles. The Hall–Kier alpha value is -3.79. The smallest absolute Gasteiger partial charge is 0.303 e. The van der Waals surface area contributed by atoms with Crippen LogP contribution in [0.4, 0.5) is 11.4 Å². The Labute approximate surface area is 207 Å². The van der Waals surface area contributed by atoms with Gasteiger partial charge < -0.3 is 23.7 Å². The highest BCUT2D eigenvalue weighted by molar-refractivity contribution is 8.00. The summed E-state index contributed by atoms with van der Waals surface area (Å²) in [4.78, 5) is 67.8. The van der Waals surface area contributed by atoms with E-state index in [1.54, 1.807) is 0 Å². The fourth-order valence-corrected chi connectivity index (χ4v) is 4.46. The molecule has 196 valence electrons. The number of nitro groups is 2. The van der Waals surface area contributed by atoms with Crippen LogP contribution in [0.2, 0.25) is 0 Å². The Morgan fingerprint density at radius 2 is 1.42 bits per heavy atom. The van der Waals surface area contributed by atoms with Gasteiger partial charge in [-0.15, -0.1) is 0 Å². The average molecular weight is 530 g/mol. The van der Waals surface area contributed by atoms with Gasteiger partial charge in [-0.3, -0.25) is 39.4 Å². The van der Waals surface area contributed by atoms with Gasteiger partial charge in [0.15, 0.2) is 18.3 Å². The molecule has 16 heteroatoms. The summed E-state index contributed by atoms with van der Waals surface area (Å²) in [6.45, 7) is 3.80. The van der Waals surface area contributed by atoms with Crippen LogP contribution in [0.3, 0.4) is 0 Å². The molecule has 0 amide bonds. The van der Waals surface area contributed by atoms with Crippen LogP contribution < -0.4 is 0 Å². The number of hydrogen-bond acceptors (Lipinski definition) is 14. The Balaban J connectivity index is 2.57. The fourth-order valence-electron chi connectivity index (χ4n) is 3.27. The number of ether oxygens (including phenoxy) is 5. The second-order valence-electron chi connectivity index (χ2n) is 7.35. The van der Waals surface area contributed by atoms with Crippen LogP contribution in [0.25, 0.3) is 0 Å². The van der Waals surface area contributed by atoms with Crippen molar-refractivity contribution in [2.24, 2.45) is 0 Å². The molecule has 1 saturated heterocycles. The predicted molar refractivity (Wildman–Crippen MR) is 118 cm³/mol. The third-order valence-electron chi connectivity index (χ3n) is 4.54. The van der Waals surface area contributed by atoms with Gasteiger partial charge in [0, 0.05) is 33.8 Å². The quantitative estimate of drug-likeness (QED) is 0.193. The van der Waals surface area contributed by atoms with Crippen molar-refractivity contribution in [2.75, 3.05) is 6.61 Å². The number of carbonyl (C=O) groups is 4. The van der Waals surface area contributed by atoms with E-state index >= 15 is 0 Å². The predicted octanol–water partition coefficient (Wildman–Crippen LogP) is 1.68. The van der Waals surface area contributed by atoms with E-state index in [1.807, 2.05) is 0 Å². The summed E-state index contributed by atoms with van der Waals surface area (Å²) < 4.78 is 26.7. The first-order valence-corrected chi connectivity index (χ1v) is 11.1. The molecule has 15 nitrogen and oxygen atoms in total. The number of nitrogens with zero attached hydrogens (tertiary/aromatic N) is 2. The number of rotatable bonds is 9. The first-order chi connectivity index (χ1) is 16.8. The molecule has 1 aromatic rings. The summed E-state index contributed by atoms with van der Waals surface area (Å²) in [7, 11) is 0. The van der Waals surface area contributed by atoms with E-state index in [0.29, 0.717) is 11.8 Å². The zero-order valence-corrected chi connectivity index (χ0v) is 20.3. The van der Waals surface area contributed by atoms with Crippen molar-refractivity contribution in [3.63, 3.8) is 0 Å². The lowest BCUT2D eigenvalue weighted by Gasteiger charge is -2.44. The van der Waals surface area contributed by atoms with E-state index in [9.17, 15) is 39.4 Å². The van der Waals surface area contributed by atoms with Gasteiger partial charge in [0.1, 0.15) is 18.1 Å². The van der Waals surface area contributed by atoms with E-state index in [4.69, 9.17) is 23.7 Å². The molecule has 0 aromatic heterocycles. The maximum atomic E-state index is 11.9. The van der Waals surface area contributed by atoms with Gasteiger partial charge in [-0.2, -0.15) is 0 Å². The largest absolute Gasteiger partial charge is 0.463 e. The van der Waals surface area contributed by atoms with Crippen LogP contribution in [-0.2, 0) is 42.9 Å². The molecule has 0 bridgehead atoms. The van der Waals surface area contributed by atoms with Crippen molar-refractivity contribution in [3.05, 3.63) is 38.4 Å². The molecule has 0 radical (unpaired) electrons. The van der Waals surface area contributed by atoms with Gasteiger partial charge in [0.05, 0.1) is 20.8 Å². The lowest BCUT2D eigenvalue weighted by Crippen LogP contribution is -2.61. The van der Waals surface area contributed by atoms with Crippen molar-refractivity contribution in [3.8, 4) is 0 Å². The number of nitro benzene ring substituents is 2. The molecule has 1 fully saturated rings.